The van der Waals surface area contributed by atoms with Crippen LogP contribution < -0.4 is 14.4 Å². The first-order valence-electron chi connectivity index (χ1n) is 12.2. The summed E-state index contributed by atoms with van der Waals surface area (Å²) in [7, 11) is -2.08. The van der Waals surface area contributed by atoms with Crippen LogP contribution in [0.2, 0.25) is 0 Å². The zero-order valence-corrected chi connectivity index (χ0v) is 21.6. The van der Waals surface area contributed by atoms with Gasteiger partial charge in [0, 0.05) is 31.2 Å². The van der Waals surface area contributed by atoms with Crippen molar-refractivity contribution in [3.63, 3.8) is 0 Å². The number of nitrogens with zero attached hydrogens (tertiary/aromatic N) is 3. The lowest BCUT2D eigenvalue weighted by Crippen LogP contribution is -2.30. The maximum Gasteiger partial charge on any atom is 0.573 e. The number of anilines is 1. The quantitative estimate of drug-likeness (QED) is 0.362. The second-order valence-corrected chi connectivity index (χ2v) is 10.9. The molecule has 0 spiro atoms. The van der Waals surface area contributed by atoms with Crippen LogP contribution in [0.3, 0.4) is 0 Å². The van der Waals surface area contributed by atoms with Gasteiger partial charge in [0.15, 0.2) is 0 Å². The Hall–Kier alpha value is -3.05. The van der Waals surface area contributed by atoms with E-state index in [0.717, 1.165) is 25.8 Å². The Balaban J connectivity index is 1.82. The van der Waals surface area contributed by atoms with Crippen molar-refractivity contribution in [1.82, 2.24) is 9.88 Å². The van der Waals surface area contributed by atoms with Crippen molar-refractivity contribution in [1.29, 1.82) is 0 Å². The molecule has 0 radical (unpaired) electrons. The van der Waals surface area contributed by atoms with Crippen LogP contribution in [0.15, 0.2) is 58.5 Å². The van der Waals surface area contributed by atoms with Gasteiger partial charge in [0.05, 0.1) is 22.7 Å². The lowest BCUT2D eigenvalue weighted by molar-refractivity contribution is -0.274. The number of hydrogen-bond acceptors (Lipinski definition) is 7. The molecule has 0 saturated carbocycles. The third-order valence-electron chi connectivity index (χ3n) is 6.24. The fraction of sp³-hybridized carbons (Fsp3) is 0.423. The van der Waals surface area contributed by atoms with Gasteiger partial charge in [0.2, 0.25) is 9.84 Å². The van der Waals surface area contributed by atoms with E-state index in [4.69, 9.17) is 4.74 Å². The number of sulfone groups is 1. The molecule has 1 aliphatic heterocycles. The minimum Gasteiger partial charge on any atom is -0.494 e. The predicted octanol–water partition coefficient (Wildman–Crippen LogP) is 5.29. The van der Waals surface area contributed by atoms with E-state index in [-0.39, 0.29) is 15.2 Å². The highest BCUT2D eigenvalue weighted by Crippen LogP contribution is 2.38. The molecule has 200 valence electrons. The number of rotatable bonds is 8. The van der Waals surface area contributed by atoms with Gasteiger partial charge in [-0.2, -0.15) is 0 Å². The smallest absolute Gasteiger partial charge is 0.494 e. The number of ether oxygens (including phenoxy) is 2. The summed E-state index contributed by atoms with van der Waals surface area (Å²) in [5.74, 6) is 0.131. The fourth-order valence-electron chi connectivity index (χ4n) is 4.31. The zero-order chi connectivity index (χ0) is 26.6. The summed E-state index contributed by atoms with van der Waals surface area (Å²) in [6.07, 6.45) is -0.958. The summed E-state index contributed by atoms with van der Waals surface area (Å²) >= 11 is 0. The average Bonchev–Trinajstić information content (AvgIpc) is 3.07. The monoisotopic (exact) mass is 537 g/mol. The van der Waals surface area contributed by atoms with Crippen LogP contribution >= 0.6 is 0 Å². The number of pyridine rings is 1. The molecule has 0 bridgehead atoms. The molecule has 0 unspecified atom stereocenters. The van der Waals surface area contributed by atoms with Gasteiger partial charge < -0.3 is 19.3 Å². The van der Waals surface area contributed by atoms with E-state index < -0.39 is 21.9 Å². The average molecular weight is 538 g/mol. The van der Waals surface area contributed by atoms with E-state index in [9.17, 15) is 21.6 Å². The molecule has 1 aromatic heterocycles. The van der Waals surface area contributed by atoms with Crippen LogP contribution in [-0.4, -0.2) is 64.5 Å². The molecular weight excluding hydrogens is 507 g/mol. The number of fused-ring (bicyclic) bond motifs is 1. The molecule has 7 nitrogen and oxygen atoms in total. The van der Waals surface area contributed by atoms with Crippen LogP contribution in [0, 0.1) is 0 Å². The zero-order valence-electron chi connectivity index (χ0n) is 20.8. The maximum absolute atomic E-state index is 13.8. The molecule has 4 rings (SSSR count). The SMILES string of the molecule is CCCCOc1ccc(S(=O)(=O)c2cnc3ccc(OC(F)(F)F)cc3c2N2CCCN(C)CC2)cc1. The van der Waals surface area contributed by atoms with E-state index >= 15 is 0 Å². The Kier molecular flexibility index (Phi) is 8.13. The number of halogens is 3. The Labute approximate surface area is 214 Å². The number of likely N-dealkylation sites (N-methyl/N-ethyl adjacent to an activating group) is 1. The minimum atomic E-state index is -4.88. The van der Waals surface area contributed by atoms with Crippen LogP contribution in [0.5, 0.6) is 11.5 Å². The third-order valence-corrected chi connectivity index (χ3v) is 8.01. The molecule has 37 heavy (non-hydrogen) atoms. The van der Waals surface area contributed by atoms with Crippen molar-refractivity contribution in [3.8, 4) is 11.5 Å². The summed E-state index contributed by atoms with van der Waals surface area (Å²) in [4.78, 5) is 8.33. The lowest BCUT2D eigenvalue weighted by atomic mass is 10.1. The molecule has 1 saturated heterocycles. The molecule has 2 aromatic carbocycles. The summed E-state index contributed by atoms with van der Waals surface area (Å²) in [6, 6.07) is 9.95. The Morgan fingerprint density at radius 2 is 1.73 bits per heavy atom. The summed E-state index contributed by atoms with van der Waals surface area (Å²) in [6.45, 7) is 5.13. The second kappa shape index (κ2) is 11.1. The molecule has 1 fully saturated rings. The summed E-state index contributed by atoms with van der Waals surface area (Å²) < 4.78 is 76.3. The first-order valence-corrected chi connectivity index (χ1v) is 13.7. The number of benzene rings is 2. The van der Waals surface area contributed by atoms with Crippen LogP contribution in [0.1, 0.15) is 26.2 Å². The lowest BCUT2D eigenvalue weighted by Gasteiger charge is -2.27. The summed E-state index contributed by atoms with van der Waals surface area (Å²) in [5, 5.41) is 0.284. The maximum atomic E-state index is 13.8. The first kappa shape index (κ1) is 27.0. The highest BCUT2D eigenvalue weighted by molar-refractivity contribution is 7.91. The van der Waals surface area contributed by atoms with E-state index in [1.165, 1.54) is 36.5 Å². The molecule has 0 amide bonds. The highest BCUT2D eigenvalue weighted by atomic mass is 32.2. The third kappa shape index (κ3) is 6.45. The van der Waals surface area contributed by atoms with E-state index in [0.29, 0.717) is 43.2 Å². The minimum absolute atomic E-state index is 0.0485. The molecule has 2 heterocycles. The molecule has 0 atom stereocenters. The van der Waals surface area contributed by atoms with Crippen LogP contribution in [0.25, 0.3) is 10.9 Å². The number of aromatic nitrogens is 1. The van der Waals surface area contributed by atoms with Gasteiger partial charge in [-0.3, -0.25) is 4.98 Å². The van der Waals surface area contributed by atoms with E-state index in [1.54, 1.807) is 12.1 Å². The standard InChI is InChI=1S/C26H30F3N3O4S/c1-3-4-16-35-19-6-9-21(10-7-19)37(33,34)24-18-30-23-11-8-20(36-26(27,28)29)17-22(23)25(24)32-13-5-12-31(2)14-15-32/h6-11,17-18H,3-5,12-16H2,1-2H3. The van der Waals surface area contributed by atoms with Gasteiger partial charge in [0.1, 0.15) is 16.4 Å². The topological polar surface area (TPSA) is 72.0 Å². The van der Waals surface area contributed by atoms with Crippen molar-refractivity contribution in [2.75, 3.05) is 44.7 Å². The summed E-state index contributed by atoms with van der Waals surface area (Å²) in [5.41, 5.74) is 0.706. The van der Waals surface area contributed by atoms with Gasteiger partial charge in [-0.05, 0) is 68.9 Å². The molecule has 11 heteroatoms. The Morgan fingerprint density at radius 1 is 1.00 bits per heavy atom. The normalized spacial score (nSPS) is 15.5. The number of alkyl halides is 3. The van der Waals surface area contributed by atoms with Gasteiger partial charge in [0.25, 0.3) is 0 Å². The highest BCUT2D eigenvalue weighted by Gasteiger charge is 2.32. The molecule has 0 N–H and O–H groups in total. The van der Waals surface area contributed by atoms with Crippen molar-refractivity contribution >= 4 is 26.4 Å². The molecular formula is C26H30F3N3O4S. The number of unbranched alkanes of at least 4 members (excludes halogenated alkanes) is 1. The van der Waals surface area contributed by atoms with E-state index in [1.807, 2.05) is 11.9 Å². The molecule has 0 aliphatic carbocycles. The van der Waals surface area contributed by atoms with Gasteiger partial charge in [-0.15, -0.1) is 13.2 Å². The molecule has 3 aromatic rings. The fourth-order valence-corrected chi connectivity index (χ4v) is 5.74. The largest absolute Gasteiger partial charge is 0.573 e. The molecule has 1 aliphatic rings. The van der Waals surface area contributed by atoms with Crippen molar-refractivity contribution in [2.24, 2.45) is 0 Å². The van der Waals surface area contributed by atoms with Gasteiger partial charge in [-0.1, -0.05) is 13.3 Å². The second-order valence-electron chi connectivity index (χ2n) is 9.02. The Morgan fingerprint density at radius 3 is 2.43 bits per heavy atom. The first-order chi connectivity index (χ1) is 17.6. The van der Waals surface area contributed by atoms with Crippen molar-refractivity contribution < 1.29 is 31.1 Å². The van der Waals surface area contributed by atoms with Crippen molar-refractivity contribution in [3.05, 3.63) is 48.7 Å². The number of hydrogen-bond donors (Lipinski definition) is 0. The van der Waals surface area contributed by atoms with Crippen molar-refractivity contribution in [2.45, 2.75) is 42.3 Å². The van der Waals surface area contributed by atoms with Gasteiger partial charge >= 0.3 is 6.36 Å². The van der Waals surface area contributed by atoms with Crippen LogP contribution in [-0.2, 0) is 9.84 Å². The predicted molar refractivity (Wildman–Crippen MR) is 135 cm³/mol. The van der Waals surface area contributed by atoms with Crippen LogP contribution in [0.4, 0.5) is 18.9 Å². The van der Waals surface area contributed by atoms with E-state index in [2.05, 4.69) is 21.5 Å². The van der Waals surface area contributed by atoms with Gasteiger partial charge in [-0.25, -0.2) is 8.42 Å². The Bertz CT molecular complexity index is 1330.